The average Bonchev–Trinajstić information content (AvgIpc) is 2.22. The van der Waals surface area contributed by atoms with Gasteiger partial charge in [-0.15, -0.1) is 0 Å². The third-order valence-electron chi connectivity index (χ3n) is 2.03. The van der Waals surface area contributed by atoms with Crippen LogP contribution in [-0.4, -0.2) is 9.97 Å². The molecule has 0 unspecified atom stereocenters. The van der Waals surface area contributed by atoms with E-state index in [1.165, 1.54) is 0 Å². The fourth-order valence-electron chi connectivity index (χ4n) is 1.30. The molecule has 0 N–H and O–H groups in total. The molecule has 0 spiro atoms. The summed E-state index contributed by atoms with van der Waals surface area (Å²) >= 11 is 9.18. The minimum absolute atomic E-state index is 0.476. The van der Waals surface area contributed by atoms with Crippen molar-refractivity contribution in [2.45, 2.75) is 6.92 Å². The molecule has 2 aromatic rings. The van der Waals surface area contributed by atoms with E-state index in [2.05, 4.69) is 25.9 Å². The summed E-state index contributed by atoms with van der Waals surface area (Å²) in [6.45, 7) is 1.96. The SMILES string of the molecule is Cc1cc(-c2cnc(Cl)c(Br)c2)ccn1. The number of pyridine rings is 2. The van der Waals surface area contributed by atoms with Crippen molar-refractivity contribution in [3.05, 3.63) is 45.9 Å². The van der Waals surface area contributed by atoms with Crippen LogP contribution in [0.1, 0.15) is 5.69 Å². The Morgan fingerprint density at radius 3 is 2.67 bits per heavy atom. The van der Waals surface area contributed by atoms with Crippen molar-refractivity contribution in [1.29, 1.82) is 0 Å². The minimum atomic E-state index is 0.476. The maximum absolute atomic E-state index is 5.83. The first-order chi connectivity index (χ1) is 7.16. The van der Waals surface area contributed by atoms with Crippen molar-refractivity contribution in [2.24, 2.45) is 0 Å². The minimum Gasteiger partial charge on any atom is -0.262 e. The quantitative estimate of drug-likeness (QED) is 0.743. The molecule has 0 amide bonds. The Kier molecular flexibility index (Phi) is 3.03. The summed E-state index contributed by atoms with van der Waals surface area (Å²) in [4.78, 5) is 8.23. The Labute approximate surface area is 101 Å². The third-order valence-corrected chi connectivity index (χ3v) is 3.16. The molecule has 15 heavy (non-hydrogen) atoms. The fourth-order valence-corrected chi connectivity index (χ4v) is 1.76. The zero-order valence-electron chi connectivity index (χ0n) is 8.04. The maximum Gasteiger partial charge on any atom is 0.143 e. The Balaban J connectivity index is 2.50. The first-order valence-corrected chi connectivity index (χ1v) is 5.58. The van der Waals surface area contributed by atoms with Crippen molar-refractivity contribution >= 4 is 27.5 Å². The number of hydrogen-bond acceptors (Lipinski definition) is 2. The number of aromatic nitrogens is 2. The van der Waals surface area contributed by atoms with Gasteiger partial charge in [0.15, 0.2) is 0 Å². The molecule has 0 aliphatic heterocycles. The topological polar surface area (TPSA) is 25.8 Å². The Hall–Kier alpha value is -0.930. The number of aryl methyl sites for hydroxylation is 1. The summed E-state index contributed by atoms with van der Waals surface area (Å²) in [5.41, 5.74) is 3.10. The van der Waals surface area contributed by atoms with E-state index < -0.39 is 0 Å². The summed E-state index contributed by atoms with van der Waals surface area (Å²) in [5.74, 6) is 0. The van der Waals surface area contributed by atoms with Crippen LogP contribution in [0.4, 0.5) is 0 Å². The van der Waals surface area contributed by atoms with Gasteiger partial charge in [0.2, 0.25) is 0 Å². The highest BCUT2D eigenvalue weighted by Gasteiger charge is 2.03. The van der Waals surface area contributed by atoms with Gasteiger partial charge in [0.25, 0.3) is 0 Å². The van der Waals surface area contributed by atoms with Gasteiger partial charge in [0.1, 0.15) is 5.15 Å². The lowest BCUT2D eigenvalue weighted by molar-refractivity contribution is 1.20. The summed E-state index contributed by atoms with van der Waals surface area (Å²) in [7, 11) is 0. The van der Waals surface area contributed by atoms with Gasteiger partial charge in [-0.1, -0.05) is 11.6 Å². The van der Waals surface area contributed by atoms with Gasteiger partial charge in [-0.2, -0.15) is 0 Å². The molecule has 0 fully saturated rings. The molecule has 0 saturated carbocycles. The predicted molar refractivity (Wildman–Crippen MR) is 64.9 cm³/mol. The summed E-state index contributed by atoms with van der Waals surface area (Å²) in [5, 5.41) is 0.476. The van der Waals surface area contributed by atoms with Crippen LogP contribution < -0.4 is 0 Å². The number of rotatable bonds is 1. The molecule has 0 atom stereocenters. The zero-order valence-corrected chi connectivity index (χ0v) is 10.4. The summed E-state index contributed by atoms with van der Waals surface area (Å²) in [6.07, 6.45) is 3.54. The molecule has 0 radical (unpaired) electrons. The van der Waals surface area contributed by atoms with E-state index in [9.17, 15) is 0 Å². The molecule has 0 aliphatic carbocycles. The number of halogens is 2. The highest BCUT2D eigenvalue weighted by Crippen LogP contribution is 2.26. The lowest BCUT2D eigenvalue weighted by Gasteiger charge is -2.03. The van der Waals surface area contributed by atoms with Gasteiger partial charge in [0.05, 0.1) is 4.47 Å². The van der Waals surface area contributed by atoms with E-state index in [1.54, 1.807) is 12.4 Å². The predicted octanol–water partition coefficient (Wildman–Crippen LogP) is 3.87. The number of hydrogen-bond donors (Lipinski definition) is 0. The normalized spacial score (nSPS) is 10.3. The van der Waals surface area contributed by atoms with E-state index in [1.807, 2.05) is 25.1 Å². The second-order valence-corrected chi connectivity index (χ2v) is 4.39. The molecule has 0 saturated heterocycles. The highest BCUT2D eigenvalue weighted by molar-refractivity contribution is 9.10. The second-order valence-electron chi connectivity index (χ2n) is 3.18. The molecule has 2 heterocycles. The summed E-state index contributed by atoms with van der Waals surface area (Å²) in [6, 6.07) is 5.91. The zero-order chi connectivity index (χ0) is 10.8. The van der Waals surface area contributed by atoms with E-state index in [4.69, 9.17) is 11.6 Å². The third kappa shape index (κ3) is 2.36. The van der Waals surface area contributed by atoms with Crippen molar-refractivity contribution in [1.82, 2.24) is 9.97 Å². The lowest BCUT2D eigenvalue weighted by atomic mass is 10.1. The van der Waals surface area contributed by atoms with Gasteiger partial charge in [-0.05, 0) is 46.6 Å². The largest absolute Gasteiger partial charge is 0.262 e. The Morgan fingerprint density at radius 1 is 1.20 bits per heavy atom. The van der Waals surface area contributed by atoms with Crippen molar-refractivity contribution in [3.63, 3.8) is 0 Å². The van der Waals surface area contributed by atoms with E-state index in [0.29, 0.717) is 5.15 Å². The average molecular weight is 284 g/mol. The first-order valence-electron chi connectivity index (χ1n) is 4.41. The summed E-state index contributed by atoms with van der Waals surface area (Å²) < 4.78 is 0.802. The molecule has 0 bridgehead atoms. The van der Waals surface area contributed by atoms with Crippen LogP contribution in [0.25, 0.3) is 11.1 Å². The van der Waals surface area contributed by atoms with Crippen LogP contribution in [0, 0.1) is 6.92 Å². The van der Waals surface area contributed by atoms with E-state index in [-0.39, 0.29) is 0 Å². The van der Waals surface area contributed by atoms with Crippen LogP contribution in [0.5, 0.6) is 0 Å². The van der Waals surface area contributed by atoms with Crippen LogP contribution >= 0.6 is 27.5 Å². The highest BCUT2D eigenvalue weighted by atomic mass is 79.9. The van der Waals surface area contributed by atoms with Gasteiger partial charge in [-0.3, -0.25) is 4.98 Å². The van der Waals surface area contributed by atoms with Gasteiger partial charge >= 0.3 is 0 Å². The monoisotopic (exact) mass is 282 g/mol. The smallest absolute Gasteiger partial charge is 0.143 e. The van der Waals surface area contributed by atoms with Crippen LogP contribution in [-0.2, 0) is 0 Å². The van der Waals surface area contributed by atoms with Crippen LogP contribution in [0.2, 0.25) is 5.15 Å². The molecule has 4 heteroatoms. The van der Waals surface area contributed by atoms with Crippen molar-refractivity contribution < 1.29 is 0 Å². The van der Waals surface area contributed by atoms with Crippen molar-refractivity contribution in [3.8, 4) is 11.1 Å². The molecule has 2 nitrogen and oxygen atoms in total. The molecular weight excluding hydrogens is 275 g/mol. The number of nitrogens with zero attached hydrogens (tertiary/aromatic N) is 2. The van der Waals surface area contributed by atoms with Crippen molar-refractivity contribution in [2.75, 3.05) is 0 Å². The van der Waals surface area contributed by atoms with Crippen LogP contribution in [0.3, 0.4) is 0 Å². The standard InChI is InChI=1S/C11H8BrClN2/c1-7-4-8(2-3-14-7)9-5-10(12)11(13)15-6-9/h2-6H,1H3. The Morgan fingerprint density at radius 2 is 2.00 bits per heavy atom. The van der Waals surface area contributed by atoms with Gasteiger partial charge in [-0.25, -0.2) is 4.98 Å². The molecular formula is C11H8BrClN2. The maximum atomic E-state index is 5.83. The molecule has 0 aliphatic rings. The molecule has 76 valence electrons. The van der Waals surface area contributed by atoms with Gasteiger partial charge < -0.3 is 0 Å². The lowest BCUT2D eigenvalue weighted by Crippen LogP contribution is -1.85. The molecule has 2 aromatic heterocycles. The Bertz CT molecular complexity index is 500. The molecule has 0 aromatic carbocycles. The van der Waals surface area contributed by atoms with E-state index >= 15 is 0 Å². The van der Waals surface area contributed by atoms with Gasteiger partial charge in [0, 0.05) is 23.7 Å². The van der Waals surface area contributed by atoms with Crippen LogP contribution in [0.15, 0.2) is 35.1 Å². The second kappa shape index (κ2) is 4.29. The fraction of sp³-hybridized carbons (Fsp3) is 0.0909. The first kappa shape index (κ1) is 10.6. The molecule has 2 rings (SSSR count). The van der Waals surface area contributed by atoms with E-state index in [0.717, 1.165) is 21.3 Å².